The number of nitrogens with zero attached hydrogens (tertiary/aromatic N) is 2. The number of aromatic nitrogens is 2. The van der Waals surface area contributed by atoms with Gasteiger partial charge in [-0.05, 0) is 0 Å². The zero-order valence-corrected chi connectivity index (χ0v) is 30.6. The van der Waals surface area contributed by atoms with Gasteiger partial charge < -0.3 is 0 Å². The first kappa shape index (κ1) is 24.7. The third-order valence-electron chi connectivity index (χ3n) is 23.3. The van der Waals surface area contributed by atoms with Gasteiger partial charge in [0.25, 0.3) is 0 Å². The Balaban J connectivity index is 1.09. The molecule has 10 aliphatic heterocycles. The van der Waals surface area contributed by atoms with Crippen LogP contribution in [0.1, 0.15) is 65.8 Å². The van der Waals surface area contributed by atoms with E-state index in [1.807, 2.05) is 0 Å². The normalized spacial score (nSPS) is 55.5. The average Bonchev–Trinajstić information content (AvgIpc) is 4.01. The Labute approximate surface area is 261 Å². The van der Waals surface area contributed by atoms with Gasteiger partial charge in [-0.1, -0.05) is 0 Å². The molecule has 45 heavy (non-hydrogen) atoms. The van der Waals surface area contributed by atoms with E-state index in [4.69, 9.17) is 9.97 Å². The van der Waals surface area contributed by atoms with Gasteiger partial charge in [-0.25, -0.2) is 0 Å². The van der Waals surface area contributed by atoms with Crippen molar-refractivity contribution in [2.45, 2.75) is 117 Å². The van der Waals surface area contributed by atoms with Gasteiger partial charge in [0.1, 0.15) is 0 Å². The summed E-state index contributed by atoms with van der Waals surface area (Å²) in [5, 5.41) is 3.18. The Morgan fingerprint density at radius 3 is 1.56 bits per heavy atom. The topological polar surface area (TPSA) is 25.8 Å². The Morgan fingerprint density at radius 2 is 1.13 bits per heavy atom. The molecule has 12 heterocycles. The van der Waals surface area contributed by atoms with Crippen molar-refractivity contribution < 1.29 is 6.51 Å². The number of benzene rings is 2. The molecule has 4 aromatic rings. The summed E-state index contributed by atoms with van der Waals surface area (Å²) in [6.45, 7) is 11.6. The SMILES string of the molecule is CCC(C)(C)P(C[C]12[CH]3[CH]4[CH]5[C]1(C(P)(c1ccc6ccccc6n1)c1ccc6ccccc6n1)[Fe]43521678[CH]2[CH]1[CH]6[CH]7[CH]28)C(C)(C)CC. The van der Waals surface area contributed by atoms with Crippen molar-refractivity contribution >= 4 is 39.0 Å². The zero-order valence-electron chi connectivity index (χ0n) is 27.4. The van der Waals surface area contributed by atoms with Crippen molar-refractivity contribution in [3.63, 3.8) is 0 Å². The molecule has 0 radical (unpaired) electrons. The van der Waals surface area contributed by atoms with Crippen LogP contribution in [-0.4, -0.2) is 26.4 Å². The number of hydrogen-bond donors (Lipinski definition) is 0. The van der Waals surface area contributed by atoms with E-state index in [1.165, 1.54) is 68.7 Å². The molecular formula is C40H46FeN2P2. The predicted octanol–water partition coefficient (Wildman–Crippen LogP) is 11.9. The summed E-state index contributed by atoms with van der Waals surface area (Å²) in [6, 6.07) is 27.4. The molecular weight excluding hydrogens is 626 g/mol. The first-order valence-electron chi connectivity index (χ1n) is 17.8. The molecule has 5 heteroatoms. The Bertz CT molecular complexity index is 2430. The molecule has 6 unspecified atom stereocenters. The molecule has 0 aliphatic carbocycles. The molecule has 2 nitrogen and oxygen atoms in total. The monoisotopic (exact) mass is 672 g/mol. The molecule has 10 saturated heterocycles. The summed E-state index contributed by atoms with van der Waals surface area (Å²) in [5.41, 5.74) is 4.97. The Morgan fingerprint density at radius 1 is 0.667 bits per heavy atom. The standard InChI is InChI=1S/C35H41N2P2.C5H5.Fe/c1-7-33(3,4)39(34(5,6)8-2)24-27-16-13-17-28(27)35(38,31-22-20-25-14-9-11-18-29(25)36-31)32-23-21-26-15-10-12-19-30(26)37-32;1-2-4-5-3-1;/h9-23H,7-8,24,38H2,1-6H3;1-5H;. The quantitative estimate of drug-likeness (QED) is 0.131. The van der Waals surface area contributed by atoms with Gasteiger partial charge in [0.15, 0.2) is 0 Å². The third-order valence-corrected chi connectivity index (χ3v) is 72.8. The zero-order chi connectivity index (χ0) is 30.5. The minimum absolute atomic E-state index is 0.142. The second-order valence-corrected chi connectivity index (χ2v) is 48.2. The summed E-state index contributed by atoms with van der Waals surface area (Å²) >= 11 is 0. The third kappa shape index (κ3) is 0.735. The van der Waals surface area contributed by atoms with Crippen LogP contribution < -0.4 is 0 Å². The number of para-hydroxylation sites is 2. The summed E-state index contributed by atoms with van der Waals surface area (Å²) < 4.78 is 1.17. The van der Waals surface area contributed by atoms with Crippen molar-refractivity contribution in [2.24, 2.45) is 0 Å². The summed E-state index contributed by atoms with van der Waals surface area (Å²) in [7, 11) is 3.57. The maximum atomic E-state index is 5.70. The van der Waals surface area contributed by atoms with E-state index in [-0.39, 0.29) is 13.1 Å². The number of pyridine rings is 2. The fraction of sp³-hybridized carbons (Fsp3) is 0.550. The molecule has 0 N–H and O–H groups in total. The van der Waals surface area contributed by atoms with Gasteiger partial charge in [0.05, 0.1) is 0 Å². The first-order valence-corrected chi connectivity index (χ1v) is 26.1. The summed E-state index contributed by atoms with van der Waals surface area (Å²) in [5.74, 6) is 0. The van der Waals surface area contributed by atoms with E-state index in [2.05, 4.69) is 124 Å². The fourth-order valence-electron chi connectivity index (χ4n) is 23.6. The molecule has 10 fully saturated rings. The van der Waals surface area contributed by atoms with Crippen LogP contribution in [0.15, 0.2) is 72.8 Å². The maximum absolute atomic E-state index is 5.70. The molecule has 2 aromatic carbocycles. The second-order valence-electron chi connectivity index (χ2n) is 20.4. The molecule has 10 aliphatic rings. The average molecular weight is 673 g/mol. The van der Waals surface area contributed by atoms with Crippen LogP contribution in [0.2, 0.25) is 47.2 Å². The molecule has 1 spiro atoms. The van der Waals surface area contributed by atoms with Gasteiger partial charge >= 0.3 is 263 Å². The van der Waals surface area contributed by atoms with E-state index < -0.39 is 6.51 Å². The molecule has 14 rings (SSSR count). The van der Waals surface area contributed by atoms with E-state index in [0.29, 0.717) is 18.9 Å². The molecule has 2 aromatic heterocycles. The molecule has 6 atom stereocenters. The van der Waals surface area contributed by atoms with Crippen LogP contribution in [0.25, 0.3) is 21.8 Å². The summed E-state index contributed by atoms with van der Waals surface area (Å²) in [6.07, 6.45) is 4.20. The Hall–Kier alpha value is -1.36. The van der Waals surface area contributed by atoms with Gasteiger partial charge in [-0.15, -0.1) is 0 Å². The van der Waals surface area contributed by atoms with Crippen molar-refractivity contribution in [2.75, 3.05) is 6.16 Å². The number of fused-ring (bicyclic) bond motifs is 12. The van der Waals surface area contributed by atoms with Crippen LogP contribution in [0.4, 0.5) is 0 Å². The minimum atomic E-state index is -4.02. The van der Waals surface area contributed by atoms with Crippen molar-refractivity contribution in [3.8, 4) is 0 Å². The molecule has 0 saturated carbocycles. The van der Waals surface area contributed by atoms with E-state index in [0.717, 1.165) is 15.8 Å². The van der Waals surface area contributed by atoms with Crippen molar-refractivity contribution in [1.29, 1.82) is 0 Å². The van der Waals surface area contributed by atoms with E-state index in [1.54, 1.807) is 6.16 Å². The van der Waals surface area contributed by atoms with Gasteiger partial charge in [0.2, 0.25) is 0 Å². The number of rotatable bonds is 9. The molecule has 0 amide bonds. The predicted molar refractivity (Wildman–Crippen MR) is 190 cm³/mol. The second kappa shape index (κ2) is 4.02. The fourth-order valence-corrected chi connectivity index (χ4v) is 111. The van der Waals surface area contributed by atoms with Crippen LogP contribution in [0, 0.1) is 0 Å². The van der Waals surface area contributed by atoms with Crippen LogP contribution in [0.3, 0.4) is 0 Å². The van der Waals surface area contributed by atoms with Crippen molar-refractivity contribution in [3.05, 3.63) is 84.2 Å². The van der Waals surface area contributed by atoms with Crippen LogP contribution in [0.5, 0.6) is 0 Å². The molecule has 234 valence electrons. The van der Waals surface area contributed by atoms with E-state index in [9.17, 15) is 0 Å². The van der Waals surface area contributed by atoms with Crippen molar-refractivity contribution in [1.82, 2.24) is 9.97 Å². The van der Waals surface area contributed by atoms with Gasteiger partial charge in [-0.2, -0.15) is 0 Å². The van der Waals surface area contributed by atoms with Crippen LogP contribution in [-0.2, 0) is 11.7 Å². The van der Waals surface area contributed by atoms with Gasteiger partial charge in [-0.3, -0.25) is 0 Å². The number of hydrogen-bond acceptors (Lipinski definition) is 2. The molecule has 0 bridgehead atoms. The summed E-state index contributed by atoms with van der Waals surface area (Å²) in [4.78, 5) is 21.1. The van der Waals surface area contributed by atoms with Gasteiger partial charge in [0, 0.05) is 0 Å². The first-order chi connectivity index (χ1) is 21.3. The van der Waals surface area contributed by atoms with E-state index >= 15 is 0 Å². The Kier molecular flexibility index (Phi) is 2.21. The van der Waals surface area contributed by atoms with Crippen LogP contribution >= 0.6 is 17.2 Å².